The van der Waals surface area contributed by atoms with Gasteiger partial charge in [0.25, 0.3) is 5.69 Å². The minimum atomic E-state index is -0.471. The number of nitrogens with zero attached hydrogens (tertiary/aromatic N) is 1. The number of anilines is 1. The average Bonchev–Trinajstić information content (AvgIpc) is 2.37. The van der Waals surface area contributed by atoms with Crippen LogP contribution in [0, 0.1) is 10.1 Å². The number of nitro groups is 1. The van der Waals surface area contributed by atoms with Crippen molar-refractivity contribution in [3.05, 3.63) is 62.6 Å². The van der Waals surface area contributed by atoms with Gasteiger partial charge in [-0.15, -0.1) is 11.8 Å². The van der Waals surface area contributed by atoms with E-state index in [4.69, 9.17) is 5.73 Å². The quantitative estimate of drug-likeness (QED) is 0.392. The van der Waals surface area contributed by atoms with E-state index in [0.29, 0.717) is 0 Å². The molecule has 0 unspecified atom stereocenters. The summed E-state index contributed by atoms with van der Waals surface area (Å²) in [6, 6.07) is 12.8. The van der Waals surface area contributed by atoms with Crippen molar-refractivity contribution in [2.24, 2.45) is 0 Å². The van der Waals surface area contributed by atoms with E-state index in [1.54, 1.807) is 23.9 Å². The van der Waals surface area contributed by atoms with Gasteiger partial charge in [0, 0.05) is 21.2 Å². The zero-order valence-corrected chi connectivity index (χ0v) is 12.3. The van der Waals surface area contributed by atoms with Crippen molar-refractivity contribution in [2.75, 3.05) is 5.73 Å². The monoisotopic (exact) mass is 338 g/mol. The first-order valence-electron chi connectivity index (χ1n) is 5.47. The molecule has 6 heteroatoms. The average molecular weight is 339 g/mol. The molecule has 0 atom stereocenters. The minimum absolute atomic E-state index is 0.0441. The maximum atomic E-state index is 10.7. The summed E-state index contributed by atoms with van der Waals surface area (Å²) in [7, 11) is 0. The summed E-state index contributed by atoms with van der Waals surface area (Å²) < 4.78 is 1.04. The van der Waals surface area contributed by atoms with Crippen LogP contribution in [0.15, 0.2) is 51.8 Å². The molecule has 2 aromatic rings. The zero-order valence-electron chi connectivity index (χ0n) is 9.88. The van der Waals surface area contributed by atoms with Crippen LogP contribution in [0.1, 0.15) is 5.56 Å². The van der Waals surface area contributed by atoms with E-state index in [1.807, 2.05) is 24.3 Å². The van der Waals surface area contributed by atoms with E-state index < -0.39 is 4.92 Å². The van der Waals surface area contributed by atoms with E-state index in [0.717, 1.165) is 20.7 Å². The normalized spacial score (nSPS) is 10.4. The van der Waals surface area contributed by atoms with E-state index in [1.165, 1.54) is 6.07 Å². The Morgan fingerprint density at radius 1 is 1.21 bits per heavy atom. The van der Waals surface area contributed by atoms with E-state index >= 15 is 0 Å². The molecule has 4 nitrogen and oxygen atoms in total. The van der Waals surface area contributed by atoms with Crippen LogP contribution >= 0.6 is 27.7 Å². The largest absolute Gasteiger partial charge is 0.393 e. The van der Waals surface area contributed by atoms with Crippen LogP contribution in [0.25, 0.3) is 0 Å². The van der Waals surface area contributed by atoms with Crippen molar-refractivity contribution in [1.82, 2.24) is 0 Å². The highest BCUT2D eigenvalue weighted by atomic mass is 79.9. The molecule has 0 radical (unpaired) electrons. The van der Waals surface area contributed by atoms with Gasteiger partial charge in [-0.25, -0.2) is 0 Å². The smallest absolute Gasteiger partial charge is 0.292 e. The third-order valence-electron chi connectivity index (χ3n) is 2.51. The van der Waals surface area contributed by atoms with Gasteiger partial charge in [0.05, 0.1) is 4.92 Å². The summed E-state index contributed by atoms with van der Waals surface area (Å²) >= 11 is 5.04. The fourth-order valence-corrected chi connectivity index (χ4v) is 2.66. The molecule has 2 rings (SSSR count). The lowest BCUT2D eigenvalue weighted by Gasteiger charge is -2.04. The van der Waals surface area contributed by atoms with E-state index in [9.17, 15) is 10.1 Å². The molecule has 2 aromatic carbocycles. The molecule has 0 bridgehead atoms. The predicted octanol–water partition coefficient (Wildman–Crippen LogP) is 4.23. The first-order valence-corrected chi connectivity index (χ1v) is 7.25. The van der Waals surface area contributed by atoms with Gasteiger partial charge in [-0.3, -0.25) is 10.1 Å². The third kappa shape index (κ3) is 3.71. The molecule has 0 heterocycles. The van der Waals surface area contributed by atoms with Gasteiger partial charge in [0.2, 0.25) is 0 Å². The van der Waals surface area contributed by atoms with Crippen molar-refractivity contribution < 1.29 is 4.92 Å². The number of hydrogen-bond acceptors (Lipinski definition) is 4. The Hall–Kier alpha value is -1.53. The Morgan fingerprint density at radius 2 is 1.89 bits per heavy atom. The van der Waals surface area contributed by atoms with Crippen LogP contribution in [0.2, 0.25) is 0 Å². The molecule has 0 saturated carbocycles. The lowest BCUT2D eigenvalue weighted by Crippen LogP contribution is -1.96. The first-order chi connectivity index (χ1) is 9.06. The first kappa shape index (κ1) is 13.9. The van der Waals surface area contributed by atoms with Crippen LogP contribution in [0.4, 0.5) is 11.4 Å². The lowest BCUT2D eigenvalue weighted by atomic mass is 10.2. The Labute approximate surface area is 123 Å². The number of hydrogen-bond donors (Lipinski definition) is 1. The van der Waals surface area contributed by atoms with E-state index in [2.05, 4.69) is 15.9 Å². The number of nitro benzene ring substituents is 1. The number of rotatable bonds is 4. The van der Waals surface area contributed by atoms with Crippen LogP contribution in [-0.4, -0.2) is 4.92 Å². The number of halogens is 1. The Bertz CT molecular complexity index is 602. The van der Waals surface area contributed by atoms with Gasteiger partial charge in [-0.1, -0.05) is 22.0 Å². The van der Waals surface area contributed by atoms with Crippen molar-refractivity contribution in [1.29, 1.82) is 0 Å². The molecule has 0 spiro atoms. The summed E-state index contributed by atoms with van der Waals surface area (Å²) in [5, 5.41) is 10.7. The molecule has 0 saturated heterocycles. The van der Waals surface area contributed by atoms with Crippen molar-refractivity contribution in [2.45, 2.75) is 10.6 Å². The van der Waals surface area contributed by atoms with Gasteiger partial charge in [-0.2, -0.15) is 0 Å². The molecular formula is C13H11BrN2O2S. The Kier molecular flexibility index (Phi) is 4.44. The summed E-state index contributed by atoms with van der Waals surface area (Å²) in [6.07, 6.45) is 0. The molecule has 0 amide bonds. The van der Waals surface area contributed by atoms with Gasteiger partial charge in [0.1, 0.15) is 5.69 Å². The highest BCUT2D eigenvalue weighted by Gasteiger charge is 2.10. The Morgan fingerprint density at radius 3 is 2.47 bits per heavy atom. The minimum Gasteiger partial charge on any atom is -0.393 e. The highest BCUT2D eigenvalue weighted by molar-refractivity contribution is 9.10. The van der Waals surface area contributed by atoms with Crippen LogP contribution in [0.3, 0.4) is 0 Å². The van der Waals surface area contributed by atoms with Crippen LogP contribution in [0.5, 0.6) is 0 Å². The molecular weight excluding hydrogens is 328 g/mol. The summed E-state index contributed by atoms with van der Waals surface area (Å²) in [5.41, 5.74) is 6.79. The topological polar surface area (TPSA) is 69.2 Å². The van der Waals surface area contributed by atoms with Gasteiger partial charge in [-0.05, 0) is 35.9 Å². The predicted molar refractivity (Wildman–Crippen MR) is 81.2 cm³/mol. The highest BCUT2D eigenvalue weighted by Crippen LogP contribution is 2.28. The number of thioether (sulfide) groups is 1. The fraction of sp³-hybridized carbons (Fsp3) is 0.0769. The standard InChI is InChI=1S/C13H11BrN2O2S/c14-10-2-4-11(5-3-10)19-8-9-1-6-13(16(17)18)12(15)7-9/h1-7H,8,15H2. The summed E-state index contributed by atoms with van der Waals surface area (Å²) in [5.74, 6) is 0.726. The zero-order chi connectivity index (χ0) is 13.8. The molecule has 0 aromatic heterocycles. The molecule has 0 aliphatic carbocycles. The van der Waals surface area contributed by atoms with Gasteiger partial charge >= 0.3 is 0 Å². The second kappa shape index (κ2) is 6.08. The fourth-order valence-electron chi connectivity index (χ4n) is 1.56. The SMILES string of the molecule is Nc1cc(CSc2ccc(Br)cc2)ccc1[N+](=O)[O-]. The summed E-state index contributed by atoms with van der Waals surface area (Å²) in [6.45, 7) is 0. The molecule has 0 aliphatic rings. The molecule has 19 heavy (non-hydrogen) atoms. The molecule has 0 aliphatic heterocycles. The van der Waals surface area contributed by atoms with Crippen molar-refractivity contribution >= 4 is 39.1 Å². The van der Waals surface area contributed by atoms with Crippen LogP contribution < -0.4 is 5.73 Å². The van der Waals surface area contributed by atoms with Crippen molar-refractivity contribution in [3.8, 4) is 0 Å². The number of nitrogen functional groups attached to an aromatic ring is 1. The van der Waals surface area contributed by atoms with Crippen LogP contribution in [-0.2, 0) is 5.75 Å². The summed E-state index contributed by atoms with van der Waals surface area (Å²) in [4.78, 5) is 11.3. The van der Waals surface area contributed by atoms with Crippen molar-refractivity contribution in [3.63, 3.8) is 0 Å². The molecule has 98 valence electrons. The molecule has 2 N–H and O–H groups in total. The molecule has 0 fully saturated rings. The van der Waals surface area contributed by atoms with E-state index in [-0.39, 0.29) is 11.4 Å². The lowest BCUT2D eigenvalue weighted by molar-refractivity contribution is -0.383. The maximum Gasteiger partial charge on any atom is 0.292 e. The number of nitrogens with two attached hydrogens (primary N) is 1. The second-order valence-electron chi connectivity index (χ2n) is 3.89. The number of benzene rings is 2. The third-order valence-corrected chi connectivity index (χ3v) is 4.12. The van der Waals surface area contributed by atoms with Gasteiger partial charge < -0.3 is 5.73 Å². The Balaban J connectivity index is 2.06. The maximum absolute atomic E-state index is 10.7. The van der Waals surface area contributed by atoms with Gasteiger partial charge in [0.15, 0.2) is 0 Å². The second-order valence-corrected chi connectivity index (χ2v) is 5.86.